The number of rotatable bonds is 0. The molecule has 1 radical (unpaired) electrons. The number of hydrogen-bond donors (Lipinski definition) is 2. The average molecular weight is 101 g/mol. The summed E-state index contributed by atoms with van der Waals surface area (Å²) in [4.78, 5) is 19.6. The van der Waals surface area contributed by atoms with E-state index in [-0.39, 0.29) is 0 Å². The molecule has 0 saturated carbocycles. The summed E-state index contributed by atoms with van der Waals surface area (Å²) >= 11 is 0. The molecule has 0 aliphatic heterocycles. The summed E-state index contributed by atoms with van der Waals surface area (Å²) in [6.45, 7) is 0. The molecule has 2 amide bonds. The van der Waals surface area contributed by atoms with Crippen molar-refractivity contribution in [2.75, 3.05) is 0 Å². The summed E-state index contributed by atoms with van der Waals surface area (Å²) < 4.78 is 0. The number of hydrogen-bond acceptors (Lipinski definition) is 2. The minimum Gasteiger partial charge on any atom is -0.361 e. The van der Waals surface area contributed by atoms with Gasteiger partial charge in [0.05, 0.1) is 0 Å². The molecule has 4 heteroatoms. The first kappa shape index (κ1) is 5.94. The van der Waals surface area contributed by atoms with Crippen LogP contribution in [-0.2, 0) is 9.59 Å². The van der Waals surface area contributed by atoms with E-state index in [1.54, 1.807) is 5.32 Å². The van der Waals surface area contributed by atoms with Gasteiger partial charge >= 0.3 is 11.8 Å². The molecule has 39 valence electrons. The zero-order valence-corrected chi connectivity index (χ0v) is 3.60. The smallest absolute Gasteiger partial charge is 0.309 e. The first-order valence-corrected chi connectivity index (χ1v) is 1.55. The Kier molecular flexibility index (Phi) is 1.84. The predicted molar refractivity (Wildman–Crippen MR) is 22.7 cm³/mol. The summed E-state index contributed by atoms with van der Waals surface area (Å²) in [6, 6.07) is 0. The van der Waals surface area contributed by atoms with Gasteiger partial charge in [-0.05, 0) is 0 Å². The summed E-state index contributed by atoms with van der Waals surface area (Å²) in [6.07, 6.45) is 0. The Morgan fingerprint density at radius 2 is 2.00 bits per heavy atom. The Balaban J connectivity index is 3.58. The molecule has 0 heterocycles. The second-order valence-electron chi connectivity index (χ2n) is 0.870. The number of nitrogens with one attached hydrogen (secondary N) is 1. The highest BCUT2D eigenvalue weighted by atomic mass is 16.2. The van der Waals surface area contributed by atoms with E-state index in [0.29, 0.717) is 0 Å². The fourth-order valence-electron chi connectivity index (χ4n) is 0.0871. The Morgan fingerprint density at radius 1 is 1.57 bits per heavy atom. The maximum absolute atomic E-state index is 9.86. The number of primary amides is 1. The molecule has 4 nitrogen and oxygen atoms in total. The molecule has 0 aliphatic carbocycles. The first-order chi connectivity index (χ1) is 3.18. The van der Waals surface area contributed by atoms with Gasteiger partial charge in [-0.15, -0.1) is 0 Å². The summed E-state index contributed by atoms with van der Waals surface area (Å²) in [5, 5.41) is 1.80. The SMILES string of the molecule is [CH2]NC(=O)C(N)=O. The lowest BCUT2D eigenvalue weighted by Crippen LogP contribution is -2.31. The average Bonchev–Trinajstić information content (AvgIpc) is 1.65. The van der Waals surface area contributed by atoms with Crippen LogP contribution in [0.25, 0.3) is 0 Å². The molecule has 0 saturated heterocycles. The van der Waals surface area contributed by atoms with E-state index in [0.717, 1.165) is 0 Å². The number of carbonyl (C=O) groups is 2. The largest absolute Gasteiger partial charge is 0.361 e. The van der Waals surface area contributed by atoms with Crippen molar-refractivity contribution in [2.45, 2.75) is 0 Å². The van der Waals surface area contributed by atoms with Crippen LogP contribution in [-0.4, -0.2) is 11.8 Å². The van der Waals surface area contributed by atoms with Gasteiger partial charge in [0.25, 0.3) is 0 Å². The van der Waals surface area contributed by atoms with Crippen molar-refractivity contribution >= 4 is 11.8 Å². The van der Waals surface area contributed by atoms with Crippen LogP contribution < -0.4 is 11.1 Å². The first-order valence-electron chi connectivity index (χ1n) is 1.55. The topological polar surface area (TPSA) is 72.2 Å². The molecule has 0 bridgehead atoms. The van der Waals surface area contributed by atoms with Crippen LogP contribution in [0, 0.1) is 7.05 Å². The molecule has 0 atom stereocenters. The van der Waals surface area contributed by atoms with Crippen LogP contribution in [0.4, 0.5) is 0 Å². The van der Waals surface area contributed by atoms with E-state index in [4.69, 9.17) is 0 Å². The second kappa shape index (κ2) is 2.17. The third-order valence-corrected chi connectivity index (χ3v) is 0.384. The van der Waals surface area contributed by atoms with Crippen molar-refractivity contribution in [3.63, 3.8) is 0 Å². The highest BCUT2D eigenvalue weighted by Crippen LogP contribution is 1.54. The molecule has 0 aromatic carbocycles. The third-order valence-electron chi connectivity index (χ3n) is 0.384. The fourth-order valence-corrected chi connectivity index (χ4v) is 0.0871. The standard InChI is InChI=1S/C3H5N2O2/c1-5-3(7)2(4)6/h1H2,(H2,4,6)(H,5,7). The Labute approximate surface area is 40.7 Å². The van der Waals surface area contributed by atoms with Crippen LogP contribution in [0.1, 0.15) is 0 Å². The predicted octanol–water partition coefficient (Wildman–Crippen LogP) is -1.62. The molecule has 0 aliphatic rings. The van der Waals surface area contributed by atoms with Gasteiger partial charge in [0, 0.05) is 7.05 Å². The van der Waals surface area contributed by atoms with E-state index in [2.05, 4.69) is 12.8 Å². The lowest BCUT2D eigenvalue weighted by atomic mass is 10.6. The van der Waals surface area contributed by atoms with Gasteiger partial charge in [-0.2, -0.15) is 0 Å². The van der Waals surface area contributed by atoms with Gasteiger partial charge in [0.15, 0.2) is 0 Å². The number of nitrogens with two attached hydrogens (primary N) is 1. The molecular formula is C3H5N2O2. The Bertz CT molecular complexity index is 99.1. The second-order valence-corrected chi connectivity index (χ2v) is 0.870. The van der Waals surface area contributed by atoms with Crippen molar-refractivity contribution < 1.29 is 9.59 Å². The number of carbonyl (C=O) groups excluding carboxylic acids is 2. The highest BCUT2D eigenvalue weighted by molar-refractivity contribution is 6.34. The van der Waals surface area contributed by atoms with Gasteiger partial charge in [0.2, 0.25) is 0 Å². The van der Waals surface area contributed by atoms with Crippen LogP contribution in [0.5, 0.6) is 0 Å². The molecule has 0 unspecified atom stereocenters. The maximum Gasteiger partial charge on any atom is 0.309 e. The quantitative estimate of drug-likeness (QED) is 0.360. The van der Waals surface area contributed by atoms with Crippen molar-refractivity contribution in [1.82, 2.24) is 5.32 Å². The summed E-state index contributed by atoms with van der Waals surface area (Å²) in [5.74, 6) is -1.89. The fraction of sp³-hybridized carbons (Fsp3) is 0. The normalized spacial score (nSPS) is 7.57. The maximum atomic E-state index is 9.86. The minimum absolute atomic E-state index is 0.875. The summed E-state index contributed by atoms with van der Waals surface area (Å²) in [5.41, 5.74) is 4.46. The Hall–Kier alpha value is -1.06. The van der Waals surface area contributed by atoms with Gasteiger partial charge in [-0.25, -0.2) is 0 Å². The van der Waals surface area contributed by atoms with Crippen LogP contribution in [0.15, 0.2) is 0 Å². The van der Waals surface area contributed by atoms with Crippen LogP contribution in [0.3, 0.4) is 0 Å². The molecule has 0 aromatic heterocycles. The van der Waals surface area contributed by atoms with Crippen molar-refractivity contribution in [2.24, 2.45) is 5.73 Å². The van der Waals surface area contributed by atoms with Crippen molar-refractivity contribution in [1.29, 1.82) is 0 Å². The van der Waals surface area contributed by atoms with Gasteiger partial charge in [-0.3, -0.25) is 9.59 Å². The van der Waals surface area contributed by atoms with E-state index < -0.39 is 11.8 Å². The third kappa shape index (κ3) is 1.75. The van der Waals surface area contributed by atoms with E-state index >= 15 is 0 Å². The minimum atomic E-state index is -1.02. The zero-order valence-electron chi connectivity index (χ0n) is 3.60. The molecule has 0 aromatic rings. The van der Waals surface area contributed by atoms with Crippen LogP contribution in [0.2, 0.25) is 0 Å². The lowest BCUT2D eigenvalue weighted by molar-refractivity contribution is -0.136. The van der Waals surface area contributed by atoms with Gasteiger partial charge in [0.1, 0.15) is 0 Å². The van der Waals surface area contributed by atoms with E-state index in [1.807, 2.05) is 0 Å². The molecule has 7 heavy (non-hydrogen) atoms. The molecular weight excluding hydrogens is 96.0 g/mol. The summed E-state index contributed by atoms with van der Waals surface area (Å²) in [7, 11) is 2.91. The van der Waals surface area contributed by atoms with Crippen LogP contribution >= 0.6 is 0 Å². The highest BCUT2D eigenvalue weighted by Gasteiger charge is 2.01. The van der Waals surface area contributed by atoms with Crippen molar-refractivity contribution in [3.8, 4) is 0 Å². The van der Waals surface area contributed by atoms with Gasteiger partial charge in [-0.1, -0.05) is 0 Å². The van der Waals surface area contributed by atoms with E-state index in [1.165, 1.54) is 0 Å². The monoisotopic (exact) mass is 101 g/mol. The van der Waals surface area contributed by atoms with Crippen molar-refractivity contribution in [3.05, 3.63) is 7.05 Å². The Morgan fingerprint density at radius 3 is 2.00 bits per heavy atom. The number of amides is 2. The van der Waals surface area contributed by atoms with E-state index in [9.17, 15) is 9.59 Å². The molecule has 0 spiro atoms. The zero-order chi connectivity index (χ0) is 5.86. The van der Waals surface area contributed by atoms with Gasteiger partial charge < -0.3 is 11.1 Å². The lowest BCUT2D eigenvalue weighted by Gasteiger charge is -1.86. The molecule has 0 rings (SSSR count). The molecule has 3 N–H and O–H groups in total. The molecule has 0 fully saturated rings.